The molecule has 15 heavy (non-hydrogen) atoms. The third-order valence-corrected chi connectivity index (χ3v) is 1.83. The van der Waals surface area contributed by atoms with Gasteiger partial charge in [0.15, 0.2) is 0 Å². The minimum Gasteiger partial charge on any atom is -0.284 e. The summed E-state index contributed by atoms with van der Waals surface area (Å²) in [5, 5.41) is 0. The molecule has 78 valence electrons. The number of amides is 1. The summed E-state index contributed by atoms with van der Waals surface area (Å²) >= 11 is 0. The molecule has 0 aliphatic rings. The lowest BCUT2D eigenvalue weighted by Crippen LogP contribution is -2.23. The van der Waals surface area contributed by atoms with Gasteiger partial charge in [0.05, 0.1) is 0 Å². The average molecular weight is 201 g/mol. The first kappa shape index (κ1) is 11.2. The Bertz CT molecular complexity index is 375. The maximum atomic E-state index is 11.6. The molecular formula is C13H15NO. The van der Waals surface area contributed by atoms with Gasteiger partial charge in [-0.15, -0.1) is 0 Å². The maximum Gasteiger partial charge on any atom is 0.254 e. The summed E-state index contributed by atoms with van der Waals surface area (Å²) in [6.07, 6.45) is 3.12. The van der Waals surface area contributed by atoms with Crippen molar-refractivity contribution in [1.82, 2.24) is 0 Å². The van der Waals surface area contributed by atoms with Gasteiger partial charge in [-0.1, -0.05) is 30.4 Å². The molecule has 0 bridgehead atoms. The van der Waals surface area contributed by atoms with Crippen LogP contribution in [0.3, 0.4) is 0 Å². The first-order valence-electron chi connectivity index (χ1n) is 4.81. The molecule has 2 nitrogen and oxygen atoms in total. The van der Waals surface area contributed by atoms with E-state index in [0.717, 1.165) is 11.3 Å². The molecule has 0 saturated heterocycles. The average Bonchev–Trinajstić information content (AvgIpc) is 2.26. The van der Waals surface area contributed by atoms with Gasteiger partial charge < -0.3 is 0 Å². The Morgan fingerprint density at radius 3 is 2.33 bits per heavy atom. The number of benzene rings is 1. The number of allylic oxidation sites excluding steroid dienone is 1. The molecule has 0 spiro atoms. The highest BCUT2D eigenvalue weighted by molar-refractivity contribution is 6.02. The van der Waals surface area contributed by atoms with Crippen molar-refractivity contribution < 1.29 is 4.79 Å². The molecule has 0 heterocycles. The third kappa shape index (κ3) is 3.09. The number of hydrogen-bond donors (Lipinski definition) is 0. The molecule has 1 rings (SSSR count). The van der Waals surface area contributed by atoms with Crippen LogP contribution >= 0.6 is 0 Å². The lowest BCUT2D eigenvalue weighted by molar-refractivity contribution is -0.113. The fraction of sp³-hybridized carbons (Fsp3) is 0.154. The molecule has 0 N–H and O–H groups in total. The lowest BCUT2D eigenvalue weighted by atomic mass is 10.2. The second-order valence-corrected chi connectivity index (χ2v) is 3.45. The molecule has 0 unspecified atom stereocenters. The van der Waals surface area contributed by atoms with Gasteiger partial charge in [0, 0.05) is 11.9 Å². The Morgan fingerprint density at radius 2 is 1.87 bits per heavy atom. The number of para-hydroxylation sites is 1. The second-order valence-electron chi connectivity index (χ2n) is 3.45. The summed E-state index contributed by atoms with van der Waals surface area (Å²) < 4.78 is 0. The van der Waals surface area contributed by atoms with E-state index < -0.39 is 0 Å². The van der Waals surface area contributed by atoms with Crippen LogP contribution in [-0.4, -0.2) is 5.91 Å². The van der Waals surface area contributed by atoms with Gasteiger partial charge >= 0.3 is 0 Å². The van der Waals surface area contributed by atoms with Gasteiger partial charge in [-0.3, -0.25) is 9.69 Å². The van der Waals surface area contributed by atoms with Gasteiger partial charge in [0.25, 0.3) is 5.91 Å². The van der Waals surface area contributed by atoms with Crippen LogP contribution in [0.1, 0.15) is 13.8 Å². The predicted octanol–water partition coefficient (Wildman–Crippen LogP) is 3.13. The maximum absolute atomic E-state index is 11.6. The zero-order valence-electron chi connectivity index (χ0n) is 9.10. The largest absolute Gasteiger partial charge is 0.284 e. The first-order chi connectivity index (χ1) is 7.15. The van der Waals surface area contributed by atoms with Crippen molar-refractivity contribution in [2.75, 3.05) is 4.90 Å². The summed E-state index contributed by atoms with van der Waals surface area (Å²) in [6.45, 7) is 7.40. The molecule has 0 saturated carbocycles. The van der Waals surface area contributed by atoms with Crippen molar-refractivity contribution in [3.8, 4) is 0 Å². The molecule has 1 aromatic rings. The minimum absolute atomic E-state index is 0.123. The smallest absolute Gasteiger partial charge is 0.254 e. The second kappa shape index (κ2) is 5.15. The Kier molecular flexibility index (Phi) is 3.86. The molecule has 0 aromatic heterocycles. The molecule has 0 aliphatic carbocycles. The highest BCUT2D eigenvalue weighted by atomic mass is 16.2. The Hall–Kier alpha value is -1.83. The van der Waals surface area contributed by atoms with Crippen LogP contribution in [0.25, 0.3) is 0 Å². The van der Waals surface area contributed by atoms with Crippen molar-refractivity contribution in [1.29, 1.82) is 0 Å². The quantitative estimate of drug-likeness (QED) is 0.688. The summed E-state index contributed by atoms with van der Waals surface area (Å²) in [6, 6.07) is 9.50. The topological polar surface area (TPSA) is 20.3 Å². The number of rotatable bonds is 3. The molecule has 0 aliphatic heterocycles. The van der Waals surface area contributed by atoms with E-state index in [1.54, 1.807) is 11.1 Å². The van der Waals surface area contributed by atoms with Crippen molar-refractivity contribution in [3.05, 3.63) is 54.8 Å². The van der Waals surface area contributed by atoms with Crippen LogP contribution < -0.4 is 4.90 Å². The van der Waals surface area contributed by atoms with Crippen LogP contribution in [-0.2, 0) is 4.79 Å². The van der Waals surface area contributed by atoms with Crippen LogP contribution in [0.4, 0.5) is 5.69 Å². The SMILES string of the molecule is C=CC(=O)N(C=C(C)C)c1ccccc1. The number of carbonyl (C=O) groups excluding carboxylic acids is 1. The van der Waals surface area contributed by atoms with E-state index in [2.05, 4.69) is 6.58 Å². The van der Waals surface area contributed by atoms with Gasteiger partial charge in [-0.25, -0.2) is 0 Å². The van der Waals surface area contributed by atoms with E-state index in [-0.39, 0.29) is 5.91 Å². The summed E-state index contributed by atoms with van der Waals surface area (Å²) in [5.74, 6) is -0.123. The van der Waals surface area contributed by atoms with E-state index in [4.69, 9.17) is 0 Å². The third-order valence-electron chi connectivity index (χ3n) is 1.83. The van der Waals surface area contributed by atoms with Crippen molar-refractivity contribution in [3.63, 3.8) is 0 Å². The van der Waals surface area contributed by atoms with Crippen molar-refractivity contribution in [2.45, 2.75) is 13.8 Å². The van der Waals surface area contributed by atoms with Gasteiger partial charge in [0.1, 0.15) is 0 Å². The number of hydrogen-bond acceptors (Lipinski definition) is 1. The van der Waals surface area contributed by atoms with Gasteiger partial charge in [0.2, 0.25) is 0 Å². The Balaban J connectivity index is 3.07. The summed E-state index contributed by atoms with van der Waals surface area (Å²) in [4.78, 5) is 13.2. The summed E-state index contributed by atoms with van der Waals surface area (Å²) in [7, 11) is 0. The molecular weight excluding hydrogens is 186 g/mol. The number of anilines is 1. The van der Waals surface area contributed by atoms with E-state index in [1.807, 2.05) is 44.2 Å². The van der Waals surface area contributed by atoms with Crippen LogP contribution in [0.5, 0.6) is 0 Å². The first-order valence-corrected chi connectivity index (χ1v) is 4.81. The number of carbonyl (C=O) groups is 1. The standard InChI is InChI=1S/C13H15NO/c1-4-13(15)14(10-11(2)3)12-8-6-5-7-9-12/h4-10H,1H2,2-3H3. The molecule has 1 amide bonds. The van der Waals surface area contributed by atoms with Gasteiger partial charge in [-0.05, 0) is 32.1 Å². The normalized spacial score (nSPS) is 9.20. The minimum atomic E-state index is -0.123. The summed E-state index contributed by atoms with van der Waals surface area (Å²) in [5.41, 5.74) is 1.91. The molecule has 0 radical (unpaired) electrons. The van der Waals surface area contributed by atoms with Crippen molar-refractivity contribution in [2.24, 2.45) is 0 Å². The van der Waals surface area contributed by atoms with E-state index in [9.17, 15) is 4.79 Å². The fourth-order valence-corrected chi connectivity index (χ4v) is 1.21. The molecule has 0 fully saturated rings. The zero-order chi connectivity index (χ0) is 11.3. The Morgan fingerprint density at radius 1 is 1.27 bits per heavy atom. The predicted molar refractivity (Wildman–Crippen MR) is 63.6 cm³/mol. The highest BCUT2D eigenvalue weighted by Crippen LogP contribution is 2.15. The molecule has 1 aromatic carbocycles. The van der Waals surface area contributed by atoms with Crippen molar-refractivity contribution >= 4 is 11.6 Å². The monoisotopic (exact) mass is 201 g/mol. The van der Waals surface area contributed by atoms with Crippen LogP contribution in [0.2, 0.25) is 0 Å². The zero-order valence-corrected chi connectivity index (χ0v) is 9.10. The molecule has 0 atom stereocenters. The highest BCUT2D eigenvalue weighted by Gasteiger charge is 2.08. The van der Waals surface area contributed by atoms with E-state index in [0.29, 0.717) is 0 Å². The van der Waals surface area contributed by atoms with E-state index >= 15 is 0 Å². The Labute approximate surface area is 90.5 Å². The van der Waals surface area contributed by atoms with Crippen LogP contribution in [0, 0.1) is 0 Å². The number of nitrogens with zero attached hydrogens (tertiary/aromatic N) is 1. The van der Waals surface area contributed by atoms with Crippen LogP contribution in [0.15, 0.2) is 54.8 Å². The molecule has 2 heteroatoms. The lowest BCUT2D eigenvalue weighted by Gasteiger charge is -2.17. The van der Waals surface area contributed by atoms with Gasteiger partial charge in [-0.2, -0.15) is 0 Å². The fourth-order valence-electron chi connectivity index (χ4n) is 1.21. The van der Waals surface area contributed by atoms with E-state index in [1.165, 1.54) is 6.08 Å².